The van der Waals surface area contributed by atoms with Crippen LogP contribution in [0.15, 0.2) is 66.3 Å². The summed E-state index contributed by atoms with van der Waals surface area (Å²) in [7, 11) is 0. The molecule has 0 radical (unpaired) electrons. The summed E-state index contributed by atoms with van der Waals surface area (Å²) in [6.07, 6.45) is 5.18. The van der Waals surface area contributed by atoms with Gasteiger partial charge in [-0.3, -0.25) is 9.36 Å². The molecule has 3 aromatic rings. The Bertz CT molecular complexity index is 1000. The number of benzene rings is 2. The predicted octanol–water partition coefficient (Wildman–Crippen LogP) is 5.86. The minimum atomic E-state index is -0.0891. The molecule has 0 aliphatic rings. The van der Waals surface area contributed by atoms with Gasteiger partial charge < -0.3 is 5.32 Å². The number of nitrogens with one attached hydrogen (secondary N) is 1. The first-order valence-electron chi connectivity index (χ1n) is 9.93. The summed E-state index contributed by atoms with van der Waals surface area (Å²) < 4.78 is 1.91. The third kappa shape index (κ3) is 5.74. The molecule has 1 amide bonds. The van der Waals surface area contributed by atoms with Crippen molar-refractivity contribution in [2.45, 2.75) is 37.9 Å². The smallest absolute Gasteiger partial charge is 0.234 e. The molecule has 0 aliphatic heterocycles. The maximum Gasteiger partial charge on any atom is 0.234 e. The van der Waals surface area contributed by atoms with Crippen molar-refractivity contribution in [2.24, 2.45) is 0 Å². The zero-order chi connectivity index (χ0) is 21.3. The molecule has 0 fully saturated rings. The first kappa shape index (κ1) is 22.1. The highest BCUT2D eigenvalue weighted by molar-refractivity contribution is 7.99. The van der Waals surface area contributed by atoms with Crippen LogP contribution in [0.2, 0.25) is 5.02 Å². The first-order chi connectivity index (χ1) is 14.6. The molecular formula is C23H25ClN4OS. The second-order valence-electron chi connectivity index (χ2n) is 6.82. The lowest BCUT2D eigenvalue weighted by atomic mass is 10.1. The summed E-state index contributed by atoms with van der Waals surface area (Å²) in [5.74, 6) is 0.801. The molecule has 0 spiro atoms. The van der Waals surface area contributed by atoms with Crippen LogP contribution in [0, 0.1) is 0 Å². The van der Waals surface area contributed by atoms with Crippen LogP contribution in [-0.2, 0) is 17.8 Å². The van der Waals surface area contributed by atoms with Gasteiger partial charge in [-0.2, -0.15) is 0 Å². The maximum absolute atomic E-state index is 12.4. The number of carbonyl (C=O) groups excluding carboxylic acids is 1. The Hall–Kier alpha value is -2.57. The van der Waals surface area contributed by atoms with Gasteiger partial charge in [0.25, 0.3) is 0 Å². The van der Waals surface area contributed by atoms with E-state index >= 15 is 0 Å². The summed E-state index contributed by atoms with van der Waals surface area (Å²) in [6, 6.07) is 15.5. The Kier molecular flexibility index (Phi) is 8.11. The van der Waals surface area contributed by atoms with E-state index in [2.05, 4.69) is 41.1 Å². The highest BCUT2D eigenvalue weighted by Crippen LogP contribution is 2.29. The number of aryl methyl sites for hydroxylation is 1. The van der Waals surface area contributed by atoms with Crippen molar-refractivity contribution in [3.05, 3.63) is 71.8 Å². The molecule has 2 aromatic carbocycles. The molecule has 0 saturated heterocycles. The van der Waals surface area contributed by atoms with Gasteiger partial charge in [-0.15, -0.1) is 16.8 Å². The second kappa shape index (κ2) is 11.0. The van der Waals surface area contributed by atoms with Gasteiger partial charge in [-0.05, 0) is 42.7 Å². The van der Waals surface area contributed by atoms with Crippen molar-refractivity contribution in [3.63, 3.8) is 0 Å². The van der Waals surface area contributed by atoms with E-state index in [0.29, 0.717) is 22.5 Å². The van der Waals surface area contributed by atoms with Crippen molar-refractivity contribution in [1.29, 1.82) is 0 Å². The molecule has 7 heteroatoms. The number of nitrogens with zero attached hydrogens (tertiary/aromatic N) is 3. The Morgan fingerprint density at radius 2 is 1.97 bits per heavy atom. The summed E-state index contributed by atoms with van der Waals surface area (Å²) in [5, 5.41) is 12.7. The number of anilines is 1. The fourth-order valence-electron chi connectivity index (χ4n) is 2.99. The van der Waals surface area contributed by atoms with Crippen LogP contribution in [0.4, 0.5) is 5.69 Å². The number of amides is 1. The Morgan fingerprint density at radius 1 is 1.20 bits per heavy atom. The minimum absolute atomic E-state index is 0.0891. The third-order valence-electron chi connectivity index (χ3n) is 4.53. The monoisotopic (exact) mass is 440 g/mol. The standard InChI is InChI=1S/C23H25ClN4OS/c1-3-5-8-17-11-13-18(14-12-17)25-21(29)16-30-23-27-26-22(28(23)15-4-2)19-9-6-7-10-20(19)24/h4,6-7,9-14H,2-3,5,8,15-16H2,1H3,(H,25,29). The second-order valence-corrected chi connectivity index (χ2v) is 8.17. The average Bonchev–Trinajstić information content (AvgIpc) is 3.15. The van der Waals surface area contributed by atoms with Crippen LogP contribution in [0.1, 0.15) is 25.3 Å². The molecule has 1 aromatic heterocycles. The summed E-state index contributed by atoms with van der Waals surface area (Å²) in [5.41, 5.74) is 2.88. The fraction of sp³-hybridized carbons (Fsp3) is 0.261. The SMILES string of the molecule is C=CCn1c(SCC(=O)Nc2ccc(CCCC)cc2)nnc1-c1ccccc1Cl. The van der Waals surface area contributed by atoms with E-state index in [1.165, 1.54) is 30.2 Å². The van der Waals surface area contributed by atoms with E-state index in [0.717, 1.165) is 17.7 Å². The molecule has 1 N–H and O–H groups in total. The fourth-order valence-corrected chi connectivity index (χ4v) is 3.96. The minimum Gasteiger partial charge on any atom is -0.325 e. The normalized spacial score (nSPS) is 10.7. The number of hydrogen-bond acceptors (Lipinski definition) is 4. The largest absolute Gasteiger partial charge is 0.325 e. The van der Waals surface area contributed by atoms with Gasteiger partial charge >= 0.3 is 0 Å². The van der Waals surface area contributed by atoms with E-state index in [1.54, 1.807) is 6.08 Å². The van der Waals surface area contributed by atoms with Crippen molar-refractivity contribution in [1.82, 2.24) is 14.8 Å². The van der Waals surface area contributed by atoms with Gasteiger partial charge in [0.05, 0.1) is 10.8 Å². The molecule has 0 bridgehead atoms. The van der Waals surface area contributed by atoms with Crippen LogP contribution >= 0.6 is 23.4 Å². The van der Waals surface area contributed by atoms with Crippen molar-refractivity contribution >= 4 is 35.0 Å². The topological polar surface area (TPSA) is 59.8 Å². The van der Waals surface area contributed by atoms with Crippen LogP contribution in [0.25, 0.3) is 11.4 Å². The highest BCUT2D eigenvalue weighted by Gasteiger charge is 2.16. The lowest BCUT2D eigenvalue weighted by Crippen LogP contribution is -2.14. The molecule has 1 heterocycles. The third-order valence-corrected chi connectivity index (χ3v) is 5.83. The average molecular weight is 441 g/mol. The molecule has 3 rings (SSSR count). The summed E-state index contributed by atoms with van der Waals surface area (Å²) in [6.45, 7) is 6.52. The molecule has 0 unspecified atom stereocenters. The molecular weight excluding hydrogens is 416 g/mol. The summed E-state index contributed by atoms with van der Waals surface area (Å²) >= 11 is 7.66. The first-order valence-corrected chi connectivity index (χ1v) is 11.3. The number of aromatic nitrogens is 3. The molecule has 0 aliphatic carbocycles. The molecule has 5 nitrogen and oxygen atoms in total. The Balaban J connectivity index is 1.64. The molecule has 30 heavy (non-hydrogen) atoms. The van der Waals surface area contributed by atoms with Crippen LogP contribution in [-0.4, -0.2) is 26.4 Å². The van der Waals surface area contributed by atoms with Crippen LogP contribution in [0.5, 0.6) is 0 Å². The van der Waals surface area contributed by atoms with Gasteiger partial charge in [0, 0.05) is 17.8 Å². The lowest BCUT2D eigenvalue weighted by Gasteiger charge is -2.09. The number of carbonyl (C=O) groups is 1. The molecule has 156 valence electrons. The van der Waals surface area contributed by atoms with Crippen LogP contribution in [0.3, 0.4) is 0 Å². The quantitative estimate of drug-likeness (QED) is 0.317. The predicted molar refractivity (Wildman–Crippen MR) is 125 cm³/mol. The molecule has 0 atom stereocenters. The van der Waals surface area contributed by atoms with Gasteiger partial charge in [-0.25, -0.2) is 0 Å². The maximum atomic E-state index is 12.4. The van der Waals surface area contributed by atoms with E-state index in [1.807, 2.05) is 41.0 Å². The highest BCUT2D eigenvalue weighted by atomic mass is 35.5. The van der Waals surface area contributed by atoms with Gasteiger partial charge in [-0.1, -0.05) is 67.0 Å². The van der Waals surface area contributed by atoms with Gasteiger partial charge in [0.1, 0.15) is 0 Å². The van der Waals surface area contributed by atoms with Crippen molar-refractivity contribution in [3.8, 4) is 11.4 Å². The van der Waals surface area contributed by atoms with E-state index in [9.17, 15) is 4.79 Å². The van der Waals surface area contributed by atoms with Crippen molar-refractivity contribution in [2.75, 3.05) is 11.1 Å². The van der Waals surface area contributed by atoms with E-state index in [-0.39, 0.29) is 11.7 Å². The number of allylic oxidation sites excluding steroid dienone is 1. The zero-order valence-corrected chi connectivity index (χ0v) is 18.5. The number of rotatable bonds is 10. The Morgan fingerprint density at radius 3 is 2.67 bits per heavy atom. The lowest BCUT2D eigenvalue weighted by molar-refractivity contribution is -0.113. The number of unbranched alkanes of at least 4 members (excludes halogenated alkanes) is 1. The van der Waals surface area contributed by atoms with Gasteiger partial charge in [0.15, 0.2) is 11.0 Å². The Labute approximate surface area is 186 Å². The molecule has 0 saturated carbocycles. The van der Waals surface area contributed by atoms with Crippen molar-refractivity contribution < 1.29 is 4.79 Å². The zero-order valence-electron chi connectivity index (χ0n) is 17.0. The van der Waals surface area contributed by atoms with Gasteiger partial charge in [0.2, 0.25) is 5.91 Å². The number of hydrogen-bond donors (Lipinski definition) is 1. The van der Waals surface area contributed by atoms with E-state index in [4.69, 9.17) is 11.6 Å². The van der Waals surface area contributed by atoms with E-state index < -0.39 is 0 Å². The number of halogens is 1. The number of thioether (sulfide) groups is 1. The van der Waals surface area contributed by atoms with Crippen LogP contribution < -0.4 is 5.32 Å². The summed E-state index contributed by atoms with van der Waals surface area (Å²) in [4.78, 5) is 12.4.